The Balaban J connectivity index is 1.73. The summed E-state index contributed by atoms with van der Waals surface area (Å²) >= 11 is 0. The minimum atomic E-state index is 0.0478. The molecule has 0 saturated heterocycles. The summed E-state index contributed by atoms with van der Waals surface area (Å²) in [4.78, 5) is 11.8. The average molecular weight is 367 g/mol. The van der Waals surface area contributed by atoms with E-state index in [4.69, 9.17) is 0 Å². The van der Waals surface area contributed by atoms with E-state index >= 15 is 0 Å². The lowest BCUT2D eigenvalue weighted by atomic mass is 9.96. The van der Waals surface area contributed by atoms with Gasteiger partial charge in [-0.15, -0.1) is 0 Å². The summed E-state index contributed by atoms with van der Waals surface area (Å²) in [5.41, 5.74) is 0. The third-order valence-electron chi connectivity index (χ3n) is 5.76. The minimum absolute atomic E-state index is 0.0478. The van der Waals surface area contributed by atoms with Crippen LogP contribution in [0, 0.1) is 0 Å². The molecule has 0 spiro atoms. The van der Waals surface area contributed by atoms with E-state index in [1.807, 2.05) is 0 Å². The molecule has 1 aliphatic rings. The second kappa shape index (κ2) is 17.7. The third-order valence-corrected chi connectivity index (χ3v) is 5.76. The quantitative estimate of drug-likeness (QED) is 0.281. The van der Waals surface area contributed by atoms with E-state index in [0.717, 1.165) is 25.8 Å². The van der Waals surface area contributed by atoms with E-state index in [0.29, 0.717) is 6.04 Å². The summed E-state index contributed by atoms with van der Waals surface area (Å²) in [6, 6.07) is 0.465. The van der Waals surface area contributed by atoms with Crippen molar-refractivity contribution in [2.45, 2.75) is 135 Å². The monoisotopic (exact) mass is 366 g/mol. The van der Waals surface area contributed by atoms with Gasteiger partial charge >= 0.3 is 6.03 Å². The highest BCUT2D eigenvalue weighted by Crippen LogP contribution is 2.17. The third kappa shape index (κ3) is 14.4. The molecule has 154 valence electrons. The smallest absolute Gasteiger partial charge is 0.315 e. The van der Waals surface area contributed by atoms with Crippen molar-refractivity contribution >= 4 is 6.03 Å². The molecule has 0 unspecified atom stereocenters. The van der Waals surface area contributed by atoms with Gasteiger partial charge < -0.3 is 10.6 Å². The van der Waals surface area contributed by atoms with Crippen molar-refractivity contribution in [1.29, 1.82) is 0 Å². The van der Waals surface area contributed by atoms with Crippen LogP contribution in [0.4, 0.5) is 4.79 Å². The summed E-state index contributed by atoms with van der Waals surface area (Å²) in [6.45, 7) is 3.11. The van der Waals surface area contributed by atoms with Crippen molar-refractivity contribution in [3.63, 3.8) is 0 Å². The molecule has 0 atom stereocenters. The number of nitrogens with one attached hydrogen (secondary N) is 2. The first kappa shape index (κ1) is 23.3. The summed E-state index contributed by atoms with van der Waals surface area (Å²) in [5, 5.41) is 6.14. The Morgan fingerprint density at radius 3 is 1.65 bits per heavy atom. The molecular formula is C23H46N2O. The van der Waals surface area contributed by atoms with Crippen LogP contribution in [0.25, 0.3) is 0 Å². The van der Waals surface area contributed by atoms with Crippen molar-refractivity contribution in [3.05, 3.63) is 0 Å². The van der Waals surface area contributed by atoms with Crippen LogP contribution in [0.5, 0.6) is 0 Å². The zero-order valence-electron chi connectivity index (χ0n) is 17.6. The fraction of sp³-hybridized carbons (Fsp3) is 0.957. The second-order valence-electron chi connectivity index (χ2n) is 8.33. The minimum Gasteiger partial charge on any atom is -0.338 e. The SMILES string of the molecule is CCCCCCCCCCCCCCCCNC(=O)NC1CCCCC1. The summed E-state index contributed by atoms with van der Waals surface area (Å²) < 4.78 is 0. The first-order chi connectivity index (χ1) is 12.8. The highest BCUT2D eigenvalue weighted by atomic mass is 16.2. The Hall–Kier alpha value is -0.730. The lowest BCUT2D eigenvalue weighted by Gasteiger charge is -2.22. The van der Waals surface area contributed by atoms with Crippen LogP contribution in [0.3, 0.4) is 0 Å². The van der Waals surface area contributed by atoms with Gasteiger partial charge in [0.15, 0.2) is 0 Å². The largest absolute Gasteiger partial charge is 0.338 e. The Morgan fingerprint density at radius 2 is 1.15 bits per heavy atom. The molecule has 1 saturated carbocycles. The van der Waals surface area contributed by atoms with Crippen molar-refractivity contribution < 1.29 is 4.79 Å². The van der Waals surface area contributed by atoms with Crippen LogP contribution in [0.2, 0.25) is 0 Å². The molecule has 1 fully saturated rings. The summed E-state index contributed by atoms with van der Waals surface area (Å²) in [6.07, 6.45) is 25.5. The van der Waals surface area contributed by atoms with Crippen LogP contribution in [0.15, 0.2) is 0 Å². The number of unbranched alkanes of at least 4 members (excludes halogenated alkanes) is 13. The van der Waals surface area contributed by atoms with Crippen LogP contribution >= 0.6 is 0 Å². The van der Waals surface area contributed by atoms with Crippen molar-refractivity contribution in [2.24, 2.45) is 0 Å². The number of amides is 2. The normalized spacial score (nSPS) is 15.1. The van der Waals surface area contributed by atoms with E-state index in [-0.39, 0.29) is 6.03 Å². The predicted octanol–water partition coefficient (Wildman–Crippen LogP) is 7.10. The average Bonchev–Trinajstić information content (AvgIpc) is 2.65. The fourth-order valence-electron chi connectivity index (χ4n) is 4.00. The Morgan fingerprint density at radius 1 is 0.692 bits per heavy atom. The Labute approximate surface area is 163 Å². The first-order valence-electron chi connectivity index (χ1n) is 11.9. The molecule has 0 aliphatic heterocycles. The Bertz CT molecular complexity index is 313. The molecule has 1 rings (SSSR count). The molecule has 0 bridgehead atoms. The number of carbonyl (C=O) groups is 1. The van der Waals surface area contributed by atoms with Gasteiger partial charge in [0, 0.05) is 12.6 Å². The molecule has 26 heavy (non-hydrogen) atoms. The molecule has 0 aromatic carbocycles. The van der Waals surface area contributed by atoms with Gasteiger partial charge in [-0.05, 0) is 19.3 Å². The highest BCUT2D eigenvalue weighted by molar-refractivity contribution is 5.74. The van der Waals surface area contributed by atoms with Crippen LogP contribution < -0.4 is 10.6 Å². The number of urea groups is 1. The number of hydrogen-bond acceptors (Lipinski definition) is 1. The fourth-order valence-corrected chi connectivity index (χ4v) is 4.00. The molecule has 2 N–H and O–H groups in total. The van der Waals surface area contributed by atoms with Crippen molar-refractivity contribution in [2.75, 3.05) is 6.54 Å². The summed E-state index contributed by atoms with van der Waals surface area (Å²) in [7, 11) is 0. The highest BCUT2D eigenvalue weighted by Gasteiger charge is 2.14. The molecule has 1 aliphatic carbocycles. The predicted molar refractivity (Wildman–Crippen MR) is 114 cm³/mol. The number of hydrogen-bond donors (Lipinski definition) is 2. The van der Waals surface area contributed by atoms with E-state index in [2.05, 4.69) is 17.6 Å². The number of rotatable bonds is 16. The zero-order chi connectivity index (χ0) is 18.7. The van der Waals surface area contributed by atoms with E-state index in [1.165, 1.54) is 103 Å². The van der Waals surface area contributed by atoms with Gasteiger partial charge in [-0.1, -0.05) is 110 Å². The van der Waals surface area contributed by atoms with Gasteiger partial charge in [0.05, 0.1) is 0 Å². The van der Waals surface area contributed by atoms with Gasteiger partial charge in [0.1, 0.15) is 0 Å². The molecular weight excluding hydrogens is 320 g/mol. The molecule has 3 heteroatoms. The van der Waals surface area contributed by atoms with E-state index in [1.54, 1.807) is 0 Å². The zero-order valence-corrected chi connectivity index (χ0v) is 17.6. The van der Waals surface area contributed by atoms with Crippen LogP contribution in [0.1, 0.15) is 129 Å². The maximum absolute atomic E-state index is 11.8. The first-order valence-corrected chi connectivity index (χ1v) is 11.9. The molecule has 0 heterocycles. The van der Waals surface area contributed by atoms with Gasteiger partial charge in [0.2, 0.25) is 0 Å². The molecule has 3 nitrogen and oxygen atoms in total. The lowest BCUT2D eigenvalue weighted by molar-refractivity contribution is 0.232. The standard InChI is InChI=1S/C23H46N2O/c1-2-3-4-5-6-7-8-9-10-11-12-13-14-18-21-24-23(26)25-22-19-16-15-17-20-22/h22H,2-21H2,1H3,(H2,24,25,26). The molecule has 2 amide bonds. The van der Waals surface area contributed by atoms with E-state index < -0.39 is 0 Å². The van der Waals surface area contributed by atoms with Gasteiger partial charge in [-0.2, -0.15) is 0 Å². The van der Waals surface area contributed by atoms with E-state index in [9.17, 15) is 4.79 Å². The molecule has 0 radical (unpaired) electrons. The molecule has 0 aromatic heterocycles. The van der Waals surface area contributed by atoms with Crippen molar-refractivity contribution in [1.82, 2.24) is 10.6 Å². The second-order valence-corrected chi connectivity index (χ2v) is 8.33. The van der Waals surface area contributed by atoms with Gasteiger partial charge in [-0.3, -0.25) is 0 Å². The van der Waals surface area contributed by atoms with Crippen LogP contribution in [-0.4, -0.2) is 18.6 Å². The topological polar surface area (TPSA) is 41.1 Å². The molecule has 0 aromatic rings. The maximum Gasteiger partial charge on any atom is 0.315 e. The van der Waals surface area contributed by atoms with Gasteiger partial charge in [-0.25, -0.2) is 4.79 Å². The van der Waals surface area contributed by atoms with Crippen molar-refractivity contribution in [3.8, 4) is 0 Å². The summed E-state index contributed by atoms with van der Waals surface area (Å²) in [5.74, 6) is 0. The Kier molecular flexibility index (Phi) is 15.8. The number of carbonyl (C=O) groups excluding carboxylic acids is 1. The van der Waals surface area contributed by atoms with Crippen LogP contribution in [-0.2, 0) is 0 Å². The maximum atomic E-state index is 11.8. The van der Waals surface area contributed by atoms with Gasteiger partial charge in [0.25, 0.3) is 0 Å². The lowest BCUT2D eigenvalue weighted by Crippen LogP contribution is -2.43.